The van der Waals surface area contributed by atoms with E-state index in [0.717, 1.165) is 0 Å². The van der Waals surface area contributed by atoms with Crippen LogP contribution in [-0.4, -0.2) is 23.3 Å². The lowest BCUT2D eigenvalue weighted by atomic mass is 10.1. The van der Waals surface area contributed by atoms with Crippen molar-refractivity contribution in [3.8, 4) is 11.5 Å². The van der Waals surface area contributed by atoms with Crippen LogP contribution in [0.25, 0.3) is 0 Å². The average molecular weight is 340 g/mol. The van der Waals surface area contributed by atoms with Crippen LogP contribution < -0.4 is 0 Å². The Balaban J connectivity index is 3.60. The highest BCUT2D eigenvalue weighted by Gasteiger charge is 2.23. The van der Waals surface area contributed by atoms with Gasteiger partial charge in [-0.3, -0.25) is 0 Å². The molecule has 1 aromatic carbocycles. The van der Waals surface area contributed by atoms with E-state index >= 15 is 0 Å². The first-order valence-electron chi connectivity index (χ1n) is 3.89. The molecule has 0 heterocycles. The number of phenolic OH excluding ortho intramolecular Hbond substituents is 2. The second-order valence-electron chi connectivity index (χ2n) is 2.82. The summed E-state index contributed by atoms with van der Waals surface area (Å²) in [6.45, 7) is 1.53. The van der Waals surface area contributed by atoms with Gasteiger partial charge in [-0.2, -0.15) is 0 Å². The molecular formula is C9H8Br2O4. The Morgan fingerprint density at radius 3 is 1.93 bits per heavy atom. The minimum Gasteiger partial charge on any atom is -0.506 e. The topological polar surface area (TPSA) is 66.8 Å². The molecule has 2 N–H and O–H groups in total. The average Bonchev–Trinajstić information content (AvgIpc) is 2.23. The lowest BCUT2D eigenvalue weighted by Crippen LogP contribution is -2.04. The molecule has 0 aliphatic heterocycles. The van der Waals surface area contributed by atoms with Gasteiger partial charge in [-0.15, -0.1) is 0 Å². The molecule has 0 spiro atoms. The highest BCUT2D eigenvalue weighted by atomic mass is 79.9. The van der Waals surface area contributed by atoms with E-state index < -0.39 is 5.97 Å². The molecule has 0 aliphatic rings. The number of hydrogen-bond acceptors (Lipinski definition) is 4. The number of carbonyl (C=O) groups is 1. The van der Waals surface area contributed by atoms with Gasteiger partial charge in [0, 0.05) is 5.56 Å². The van der Waals surface area contributed by atoms with E-state index in [-0.39, 0.29) is 31.6 Å². The van der Waals surface area contributed by atoms with Crippen LogP contribution in [0.15, 0.2) is 8.95 Å². The summed E-state index contributed by atoms with van der Waals surface area (Å²) < 4.78 is 4.91. The van der Waals surface area contributed by atoms with Crippen LogP contribution in [0.3, 0.4) is 0 Å². The highest BCUT2D eigenvalue weighted by molar-refractivity contribution is 9.11. The summed E-state index contributed by atoms with van der Waals surface area (Å²) in [6, 6.07) is 0. The van der Waals surface area contributed by atoms with Gasteiger partial charge >= 0.3 is 5.97 Å². The van der Waals surface area contributed by atoms with Crippen molar-refractivity contribution < 1.29 is 19.7 Å². The number of rotatable bonds is 1. The fourth-order valence-corrected chi connectivity index (χ4v) is 2.64. The van der Waals surface area contributed by atoms with Crippen molar-refractivity contribution in [2.75, 3.05) is 7.11 Å². The van der Waals surface area contributed by atoms with Gasteiger partial charge in [0.25, 0.3) is 0 Å². The van der Waals surface area contributed by atoms with Crippen LogP contribution in [0.2, 0.25) is 0 Å². The number of benzene rings is 1. The molecule has 82 valence electrons. The van der Waals surface area contributed by atoms with E-state index in [1.165, 1.54) is 14.0 Å². The number of methoxy groups -OCH3 is 1. The van der Waals surface area contributed by atoms with Gasteiger partial charge in [-0.1, -0.05) is 0 Å². The molecule has 0 radical (unpaired) electrons. The molecular weight excluding hydrogens is 332 g/mol. The molecule has 1 rings (SSSR count). The van der Waals surface area contributed by atoms with E-state index in [2.05, 4.69) is 36.6 Å². The first-order chi connectivity index (χ1) is 6.91. The molecule has 0 fully saturated rings. The number of ether oxygens (including phenoxy) is 1. The van der Waals surface area contributed by atoms with Crippen molar-refractivity contribution in [3.05, 3.63) is 20.1 Å². The van der Waals surface area contributed by atoms with Crippen molar-refractivity contribution in [1.82, 2.24) is 0 Å². The van der Waals surface area contributed by atoms with E-state index in [1.54, 1.807) is 0 Å². The van der Waals surface area contributed by atoms with Gasteiger partial charge < -0.3 is 14.9 Å². The van der Waals surface area contributed by atoms with Gasteiger partial charge in [0.1, 0.15) is 11.5 Å². The summed E-state index contributed by atoms with van der Waals surface area (Å²) in [5.74, 6) is -1.02. The molecule has 4 nitrogen and oxygen atoms in total. The molecule has 0 bridgehead atoms. The van der Waals surface area contributed by atoms with E-state index in [0.29, 0.717) is 0 Å². The van der Waals surface area contributed by atoms with Crippen LogP contribution >= 0.6 is 31.9 Å². The van der Waals surface area contributed by atoms with Crippen molar-refractivity contribution in [1.29, 1.82) is 0 Å². The van der Waals surface area contributed by atoms with Crippen LogP contribution in [0.5, 0.6) is 11.5 Å². The van der Waals surface area contributed by atoms with Crippen LogP contribution in [0, 0.1) is 6.92 Å². The van der Waals surface area contributed by atoms with Crippen molar-refractivity contribution in [2.45, 2.75) is 6.92 Å². The Bertz CT molecular complexity index is 400. The zero-order chi connectivity index (χ0) is 11.7. The third kappa shape index (κ3) is 1.96. The van der Waals surface area contributed by atoms with Crippen LogP contribution in [0.1, 0.15) is 15.9 Å². The lowest BCUT2D eigenvalue weighted by molar-refractivity contribution is 0.0597. The molecule has 0 saturated carbocycles. The monoisotopic (exact) mass is 338 g/mol. The fourth-order valence-electron chi connectivity index (χ4n) is 1.06. The molecule has 0 aliphatic carbocycles. The molecule has 15 heavy (non-hydrogen) atoms. The normalized spacial score (nSPS) is 10.1. The standard InChI is InChI=1S/C9H8Br2O4/c1-3-7(12)5(10)4(9(14)15-2)6(11)8(3)13/h12-13H,1-2H3. The predicted molar refractivity (Wildman–Crippen MR) is 61.2 cm³/mol. The zero-order valence-corrected chi connectivity index (χ0v) is 11.1. The number of hydrogen-bond donors (Lipinski definition) is 2. The minimum absolute atomic E-state index is 0.0538. The Hall–Kier alpha value is -0.750. The molecule has 1 aromatic rings. The maximum Gasteiger partial charge on any atom is 0.340 e. The Kier molecular flexibility index (Phi) is 3.62. The lowest BCUT2D eigenvalue weighted by Gasteiger charge is -2.11. The smallest absolute Gasteiger partial charge is 0.340 e. The van der Waals surface area contributed by atoms with Gasteiger partial charge in [0.05, 0.1) is 21.6 Å². The Morgan fingerprint density at radius 1 is 1.20 bits per heavy atom. The second-order valence-corrected chi connectivity index (χ2v) is 4.40. The summed E-state index contributed by atoms with van der Waals surface area (Å²) in [4.78, 5) is 11.4. The third-order valence-corrected chi connectivity index (χ3v) is 3.50. The first kappa shape index (κ1) is 12.3. The number of halogens is 2. The quantitative estimate of drug-likeness (QED) is 0.772. The van der Waals surface area contributed by atoms with E-state index in [4.69, 9.17) is 0 Å². The number of esters is 1. The van der Waals surface area contributed by atoms with Gasteiger partial charge in [-0.25, -0.2) is 4.79 Å². The summed E-state index contributed by atoms with van der Waals surface area (Å²) in [6.07, 6.45) is 0. The van der Waals surface area contributed by atoms with Gasteiger partial charge in [0.15, 0.2) is 0 Å². The minimum atomic E-state index is -0.653. The van der Waals surface area contributed by atoms with Gasteiger partial charge in [-0.05, 0) is 38.8 Å². The van der Waals surface area contributed by atoms with Crippen molar-refractivity contribution in [2.24, 2.45) is 0 Å². The van der Waals surface area contributed by atoms with Crippen LogP contribution in [0.4, 0.5) is 0 Å². The SMILES string of the molecule is COC(=O)c1c(Br)c(O)c(C)c(O)c1Br. The summed E-state index contributed by atoms with van der Waals surface area (Å²) in [5.41, 5.74) is 0.333. The molecule has 0 atom stereocenters. The largest absolute Gasteiger partial charge is 0.506 e. The van der Waals surface area contributed by atoms with E-state index in [1.807, 2.05) is 0 Å². The third-order valence-electron chi connectivity index (χ3n) is 1.95. The summed E-state index contributed by atoms with van der Waals surface area (Å²) in [5, 5.41) is 19.2. The van der Waals surface area contributed by atoms with Crippen molar-refractivity contribution >= 4 is 37.8 Å². The Labute approximate surface area is 103 Å². The molecule has 0 amide bonds. The summed E-state index contributed by atoms with van der Waals surface area (Å²) >= 11 is 6.13. The summed E-state index contributed by atoms with van der Waals surface area (Å²) in [7, 11) is 1.22. The van der Waals surface area contributed by atoms with Crippen LogP contribution in [-0.2, 0) is 4.74 Å². The maximum atomic E-state index is 11.4. The first-order valence-corrected chi connectivity index (χ1v) is 5.48. The molecule has 0 saturated heterocycles. The van der Waals surface area contributed by atoms with Crippen molar-refractivity contribution in [3.63, 3.8) is 0 Å². The predicted octanol–water partition coefficient (Wildman–Crippen LogP) is 2.72. The van der Waals surface area contributed by atoms with Gasteiger partial charge in [0.2, 0.25) is 0 Å². The Morgan fingerprint density at radius 2 is 1.60 bits per heavy atom. The molecule has 6 heteroatoms. The zero-order valence-electron chi connectivity index (χ0n) is 7.97. The van der Waals surface area contributed by atoms with E-state index in [9.17, 15) is 15.0 Å². The number of carbonyl (C=O) groups excluding carboxylic acids is 1. The molecule has 0 unspecified atom stereocenters. The fraction of sp³-hybridized carbons (Fsp3) is 0.222. The highest BCUT2D eigenvalue weighted by Crippen LogP contribution is 2.43. The number of phenols is 2. The maximum absolute atomic E-state index is 11.4. The molecule has 0 aromatic heterocycles. The second kappa shape index (κ2) is 4.40. The number of aromatic hydroxyl groups is 2.